The first-order chi connectivity index (χ1) is 15.9. The van der Waals surface area contributed by atoms with E-state index in [2.05, 4.69) is 16.0 Å². The molecule has 3 rings (SSSR count). The van der Waals surface area contributed by atoms with Gasteiger partial charge in [-0.1, -0.05) is 48.5 Å². The van der Waals surface area contributed by atoms with Gasteiger partial charge in [0.05, 0.1) is 6.42 Å². The lowest BCUT2D eigenvalue weighted by Crippen LogP contribution is -2.48. The fraction of sp³-hybridized carbons (Fsp3) is 0.333. The molecule has 9 heteroatoms. The summed E-state index contributed by atoms with van der Waals surface area (Å²) >= 11 is 0. The van der Waals surface area contributed by atoms with Crippen LogP contribution in [0.3, 0.4) is 0 Å². The molecule has 1 unspecified atom stereocenters. The highest BCUT2D eigenvalue weighted by atomic mass is 16.5. The van der Waals surface area contributed by atoms with Crippen LogP contribution in [0.4, 0.5) is 4.79 Å². The summed E-state index contributed by atoms with van der Waals surface area (Å²) in [6.07, 6.45) is -1.46. The van der Waals surface area contributed by atoms with E-state index in [0.717, 1.165) is 22.3 Å². The van der Waals surface area contributed by atoms with E-state index < -0.39 is 30.4 Å². The third-order valence-electron chi connectivity index (χ3n) is 5.36. The first kappa shape index (κ1) is 23.8. The molecule has 1 atom stereocenters. The number of aliphatic carboxylic acids is 1. The van der Waals surface area contributed by atoms with Gasteiger partial charge >= 0.3 is 12.1 Å². The second-order valence-electron chi connectivity index (χ2n) is 7.61. The van der Waals surface area contributed by atoms with Crippen molar-refractivity contribution >= 4 is 23.9 Å². The van der Waals surface area contributed by atoms with Gasteiger partial charge in [-0.15, -0.1) is 0 Å². The van der Waals surface area contributed by atoms with Crippen molar-refractivity contribution in [2.75, 3.05) is 19.7 Å². The number of carbonyl (C=O) groups excluding carboxylic acids is 3. The predicted molar refractivity (Wildman–Crippen MR) is 121 cm³/mol. The maximum absolute atomic E-state index is 12.4. The van der Waals surface area contributed by atoms with Crippen molar-refractivity contribution in [3.63, 3.8) is 0 Å². The highest BCUT2D eigenvalue weighted by Crippen LogP contribution is 2.44. The number of nitrogens with one attached hydrogen (secondary N) is 3. The molecule has 33 heavy (non-hydrogen) atoms. The number of fused-ring (bicyclic) bond motifs is 3. The number of carboxylic acid groups (broad SMARTS) is 1. The molecule has 4 N–H and O–H groups in total. The van der Waals surface area contributed by atoms with E-state index in [1.165, 1.54) is 0 Å². The molecule has 2 aromatic carbocycles. The lowest BCUT2D eigenvalue weighted by molar-refractivity contribution is -0.140. The molecule has 174 valence electrons. The Hall–Kier alpha value is -3.88. The molecule has 1 aliphatic carbocycles. The van der Waals surface area contributed by atoms with Crippen LogP contribution in [0.15, 0.2) is 48.5 Å². The van der Waals surface area contributed by atoms with E-state index in [4.69, 9.17) is 9.84 Å². The maximum atomic E-state index is 12.4. The second-order valence-corrected chi connectivity index (χ2v) is 7.61. The Morgan fingerprint density at radius 1 is 0.970 bits per heavy atom. The van der Waals surface area contributed by atoms with Gasteiger partial charge in [0.2, 0.25) is 11.8 Å². The van der Waals surface area contributed by atoms with Crippen LogP contribution in [0.5, 0.6) is 0 Å². The average molecular weight is 453 g/mol. The number of hydrogen-bond donors (Lipinski definition) is 4. The van der Waals surface area contributed by atoms with Gasteiger partial charge in [-0.25, -0.2) is 4.79 Å². The number of carbonyl (C=O) groups is 4. The van der Waals surface area contributed by atoms with Crippen molar-refractivity contribution < 1.29 is 29.0 Å². The summed E-state index contributed by atoms with van der Waals surface area (Å²) in [5, 5.41) is 16.5. The summed E-state index contributed by atoms with van der Waals surface area (Å²) in [5.74, 6) is -2.35. The lowest BCUT2D eigenvalue weighted by Gasteiger charge is -2.18. The second kappa shape index (κ2) is 11.1. The monoisotopic (exact) mass is 453 g/mol. The molecule has 0 radical (unpaired) electrons. The van der Waals surface area contributed by atoms with Gasteiger partial charge in [0.1, 0.15) is 12.6 Å². The normalized spacial score (nSPS) is 12.8. The third-order valence-corrected chi connectivity index (χ3v) is 5.36. The van der Waals surface area contributed by atoms with E-state index in [-0.39, 0.29) is 31.4 Å². The molecular weight excluding hydrogens is 426 g/mol. The highest BCUT2D eigenvalue weighted by Gasteiger charge is 2.30. The average Bonchev–Trinajstić information content (AvgIpc) is 3.11. The summed E-state index contributed by atoms with van der Waals surface area (Å²) in [6.45, 7) is 2.31. The van der Waals surface area contributed by atoms with Crippen molar-refractivity contribution in [3.05, 3.63) is 59.7 Å². The molecule has 0 saturated heterocycles. The van der Waals surface area contributed by atoms with Crippen LogP contribution in [0.1, 0.15) is 36.8 Å². The fourth-order valence-electron chi connectivity index (χ4n) is 3.87. The van der Waals surface area contributed by atoms with E-state index in [9.17, 15) is 19.2 Å². The Morgan fingerprint density at radius 3 is 2.15 bits per heavy atom. The van der Waals surface area contributed by atoms with Crippen LogP contribution < -0.4 is 16.0 Å². The molecule has 0 spiro atoms. The summed E-state index contributed by atoms with van der Waals surface area (Å²) in [5.41, 5.74) is 4.24. The lowest BCUT2D eigenvalue weighted by atomic mass is 9.98. The summed E-state index contributed by atoms with van der Waals surface area (Å²) < 4.78 is 5.39. The van der Waals surface area contributed by atoms with Crippen LogP contribution in [-0.4, -0.2) is 54.7 Å². The Bertz CT molecular complexity index is 993. The van der Waals surface area contributed by atoms with Gasteiger partial charge in [-0.05, 0) is 29.2 Å². The SMILES string of the molecule is CCNC(=O)CCNC(=O)C(CC(=O)O)NC(=O)OCC1c2ccccc2-c2ccccc21. The number of carboxylic acids is 1. The minimum absolute atomic E-state index is 0.0210. The van der Waals surface area contributed by atoms with Gasteiger partial charge in [0.15, 0.2) is 0 Å². The molecule has 0 aliphatic heterocycles. The van der Waals surface area contributed by atoms with Crippen LogP contribution in [0.2, 0.25) is 0 Å². The van der Waals surface area contributed by atoms with Gasteiger partial charge in [-0.3, -0.25) is 14.4 Å². The summed E-state index contributed by atoms with van der Waals surface area (Å²) in [6, 6.07) is 14.4. The van der Waals surface area contributed by atoms with Crippen LogP contribution in [0, 0.1) is 0 Å². The molecule has 0 fully saturated rings. The number of hydrogen-bond acceptors (Lipinski definition) is 5. The van der Waals surface area contributed by atoms with Gasteiger partial charge in [0.25, 0.3) is 0 Å². The molecule has 2 aromatic rings. The Labute approximate surface area is 191 Å². The van der Waals surface area contributed by atoms with Crippen molar-refractivity contribution in [2.24, 2.45) is 0 Å². The van der Waals surface area contributed by atoms with Crippen LogP contribution in [0.25, 0.3) is 11.1 Å². The zero-order chi connectivity index (χ0) is 23.8. The molecule has 1 aliphatic rings. The number of amides is 3. The van der Waals surface area contributed by atoms with E-state index in [0.29, 0.717) is 6.54 Å². The Balaban J connectivity index is 1.59. The van der Waals surface area contributed by atoms with E-state index in [1.807, 2.05) is 48.5 Å². The number of alkyl carbamates (subject to hydrolysis) is 1. The zero-order valence-corrected chi connectivity index (χ0v) is 18.3. The van der Waals surface area contributed by atoms with Crippen LogP contribution in [-0.2, 0) is 19.1 Å². The van der Waals surface area contributed by atoms with Crippen molar-refractivity contribution in [1.29, 1.82) is 0 Å². The Kier molecular flexibility index (Phi) is 8.01. The number of benzene rings is 2. The van der Waals surface area contributed by atoms with E-state index in [1.54, 1.807) is 6.92 Å². The number of rotatable bonds is 10. The van der Waals surface area contributed by atoms with Gasteiger partial charge < -0.3 is 25.8 Å². The third kappa shape index (κ3) is 6.09. The maximum Gasteiger partial charge on any atom is 0.407 e. The predicted octanol–water partition coefficient (Wildman–Crippen LogP) is 2.01. The summed E-state index contributed by atoms with van der Waals surface area (Å²) in [4.78, 5) is 47.4. The molecule has 0 aromatic heterocycles. The Morgan fingerprint density at radius 2 is 1.58 bits per heavy atom. The smallest absolute Gasteiger partial charge is 0.407 e. The number of ether oxygens (including phenoxy) is 1. The fourth-order valence-corrected chi connectivity index (χ4v) is 3.87. The molecule has 3 amide bonds. The minimum atomic E-state index is -1.33. The molecule has 0 heterocycles. The summed E-state index contributed by atoms with van der Waals surface area (Å²) in [7, 11) is 0. The van der Waals surface area contributed by atoms with Crippen LogP contribution >= 0.6 is 0 Å². The van der Waals surface area contributed by atoms with Crippen molar-refractivity contribution in [2.45, 2.75) is 31.7 Å². The molecule has 0 bridgehead atoms. The van der Waals surface area contributed by atoms with Crippen molar-refractivity contribution in [1.82, 2.24) is 16.0 Å². The topological polar surface area (TPSA) is 134 Å². The van der Waals surface area contributed by atoms with Gasteiger partial charge in [0, 0.05) is 25.4 Å². The highest BCUT2D eigenvalue weighted by molar-refractivity contribution is 5.89. The van der Waals surface area contributed by atoms with Gasteiger partial charge in [-0.2, -0.15) is 0 Å². The van der Waals surface area contributed by atoms with E-state index >= 15 is 0 Å². The van der Waals surface area contributed by atoms with Crippen molar-refractivity contribution in [3.8, 4) is 11.1 Å². The zero-order valence-electron chi connectivity index (χ0n) is 18.3. The first-order valence-electron chi connectivity index (χ1n) is 10.8. The standard InChI is InChI=1S/C24H27N3O6/c1-2-25-21(28)11-12-26-23(31)20(13-22(29)30)27-24(32)33-14-19-17-9-5-3-7-15(17)16-8-4-6-10-18(16)19/h3-10,19-20H,2,11-14H2,1H3,(H,25,28)(H,26,31)(H,27,32)(H,29,30). The quantitative estimate of drug-likeness (QED) is 0.435. The molecule has 9 nitrogen and oxygen atoms in total. The molecule has 0 saturated carbocycles. The molecular formula is C24H27N3O6. The first-order valence-corrected chi connectivity index (χ1v) is 10.8. The minimum Gasteiger partial charge on any atom is -0.481 e. The largest absolute Gasteiger partial charge is 0.481 e.